The zero-order chi connectivity index (χ0) is 9.54. The van der Waals surface area contributed by atoms with Crippen LogP contribution in [0.1, 0.15) is 15.9 Å². The first-order valence-corrected chi connectivity index (χ1v) is 4.60. The minimum Gasteiger partial charge on any atom is -0.289 e. The highest BCUT2D eigenvalue weighted by molar-refractivity contribution is 6.15. The van der Waals surface area contributed by atoms with Gasteiger partial charge in [0.2, 0.25) is 0 Å². The highest BCUT2D eigenvalue weighted by Crippen LogP contribution is 2.32. The van der Waals surface area contributed by atoms with Gasteiger partial charge in [0.15, 0.2) is 5.78 Å². The Morgan fingerprint density at radius 1 is 0.786 bits per heavy atom. The third kappa shape index (κ3) is 0.867. The topological polar surface area (TPSA) is 17.1 Å². The van der Waals surface area contributed by atoms with Gasteiger partial charge in [0.25, 0.3) is 0 Å². The van der Waals surface area contributed by atoms with Gasteiger partial charge in [-0.2, -0.15) is 0 Å². The van der Waals surface area contributed by atoms with Crippen LogP contribution in [-0.4, -0.2) is 5.78 Å². The molecule has 0 aliphatic heterocycles. The smallest absolute Gasteiger partial charge is 0.186 e. The molecule has 0 heterocycles. The number of rotatable bonds is 0. The Labute approximate surface area is 82.0 Å². The lowest BCUT2D eigenvalue weighted by Crippen LogP contribution is -1.88. The van der Waals surface area contributed by atoms with E-state index in [1.54, 1.807) is 6.08 Å². The van der Waals surface area contributed by atoms with Gasteiger partial charge in [-0.3, -0.25) is 4.79 Å². The highest BCUT2D eigenvalue weighted by atomic mass is 16.1. The molecule has 0 aromatic carbocycles. The van der Waals surface area contributed by atoms with E-state index >= 15 is 0 Å². The summed E-state index contributed by atoms with van der Waals surface area (Å²) < 4.78 is 0. The van der Waals surface area contributed by atoms with Gasteiger partial charge in [-0.25, -0.2) is 0 Å². The molecular formula is C13H8O. The first-order valence-electron chi connectivity index (χ1n) is 4.60. The third-order valence-corrected chi connectivity index (χ3v) is 2.64. The van der Waals surface area contributed by atoms with Gasteiger partial charge in [0.1, 0.15) is 0 Å². The quantitative estimate of drug-likeness (QED) is 0.609. The third-order valence-electron chi connectivity index (χ3n) is 2.64. The first kappa shape index (κ1) is 7.51. The largest absolute Gasteiger partial charge is 0.289 e. The van der Waals surface area contributed by atoms with Crippen LogP contribution >= 0.6 is 0 Å². The van der Waals surface area contributed by atoms with E-state index in [1.165, 1.54) is 5.56 Å². The lowest BCUT2D eigenvalue weighted by Gasteiger charge is -1.96. The van der Waals surface area contributed by atoms with Crippen molar-refractivity contribution in [2.75, 3.05) is 0 Å². The molecule has 0 saturated carbocycles. The summed E-state index contributed by atoms with van der Waals surface area (Å²) >= 11 is 0. The molecule has 3 rings (SSSR count). The van der Waals surface area contributed by atoms with Crippen molar-refractivity contribution in [3.63, 3.8) is 0 Å². The number of hydrogen-bond acceptors (Lipinski definition) is 1. The second-order valence-corrected chi connectivity index (χ2v) is 3.45. The van der Waals surface area contributed by atoms with Gasteiger partial charge in [0.05, 0.1) is 0 Å². The first-order chi connectivity index (χ1) is 6.86. The molecule has 3 aliphatic rings. The molecule has 0 bridgehead atoms. The number of carbonyl (C=O) groups is 1. The van der Waals surface area contributed by atoms with Crippen LogP contribution in [0.15, 0.2) is 42.5 Å². The lowest BCUT2D eigenvalue weighted by atomic mass is 10.1. The van der Waals surface area contributed by atoms with Crippen LogP contribution in [-0.2, 0) is 0 Å². The van der Waals surface area contributed by atoms with Gasteiger partial charge in [0, 0.05) is 5.56 Å². The van der Waals surface area contributed by atoms with Crippen molar-refractivity contribution in [2.45, 2.75) is 0 Å². The summed E-state index contributed by atoms with van der Waals surface area (Å²) in [6.07, 6.45) is 3.54. The Balaban J connectivity index is 2.44. The van der Waals surface area contributed by atoms with E-state index < -0.39 is 0 Å². The van der Waals surface area contributed by atoms with E-state index in [4.69, 9.17) is 0 Å². The molecule has 66 valence electrons. The fourth-order valence-electron chi connectivity index (χ4n) is 1.95. The van der Waals surface area contributed by atoms with Crippen molar-refractivity contribution in [1.82, 2.24) is 0 Å². The van der Waals surface area contributed by atoms with Crippen molar-refractivity contribution in [2.24, 2.45) is 0 Å². The summed E-state index contributed by atoms with van der Waals surface area (Å²) in [5.74, 6) is 0.110. The monoisotopic (exact) mass is 180 g/mol. The van der Waals surface area contributed by atoms with Crippen LogP contribution in [0.25, 0.3) is 17.2 Å². The molecule has 3 aliphatic carbocycles. The van der Waals surface area contributed by atoms with Gasteiger partial charge in [-0.1, -0.05) is 36.4 Å². The molecule has 0 spiro atoms. The molecule has 0 amide bonds. The number of carbonyl (C=O) groups excluding carboxylic acids is 1. The highest BCUT2D eigenvalue weighted by Gasteiger charge is 2.16. The van der Waals surface area contributed by atoms with Gasteiger partial charge in [-0.05, 0) is 28.8 Å². The molecule has 1 nitrogen and oxygen atoms in total. The standard InChI is InChI=1S/C13H8O/c14-13-8-7-11-10-5-1-3-9(10)4-2-6-12(11)13/h1-8H. The SMILES string of the molecule is O=C1C=Cc2c1cccc1cccc2-1. The summed E-state index contributed by atoms with van der Waals surface area (Å²) in [5, 5.41) is 0. The summed E-state index contributed by atoms with van der Waals surface area (Å²) in [6.45, 7) is 0. The Hall–Kier alpha value is -1.89. The van der Waals surface area contributed by atoms with Gasteiger partial charge in [-0.15, -0.1) is 0 Å². The second-order valence-electron chi connectivity index (χ2n) is 3.45. The summed E-state index contributed by atoms with van der Waals surface area (Å²) in [4.78, 5) is 11.5. The number of allylic oxidation sites excluding steroid dienone is 1. The molecule has 0 unspecified atom stereocenters. The maximum atomic E-state index is 11.5. The minimum absolute atomic E-state index is 0.110. The molecule has 0 atom stereocenters. The lowest BCUT2D eigenvalue weighted by molar-refractivity contribution is 0.105. The van der Waals surface area contributed by atoms with E-state index in [0.29, 0.717) is 0 Å². The van der Waals surface area contributed by atoms with Crippen LogP contribution in [0.5, 0.6) is 0 Å². The van der Waals surface area contributed by atoms with Crippen LogP contribution in [0, 0.1) is 0 Å². The van der Waals surface area contributed by atoms with E-state index in [0.717, 1.165) is 16.7 Å². The summed E-state index contributed by atoms with van der Waals surface area (Å²) in [6, 6.07) is 12.0. The van der Waals surface area contributed by atoms with E-state index in [9.17, 15) is 4.79 Å². The fourth-order valence-corrected chi connectivity index (χ4v) is 1.95. The van der Waals surface area contributed by atoms with Crippen LogP contribution < -0.4 is 0 Å². The van der Waals surface area contributed by atoms with Gasteiger partial charge < -0.3 is 0 Å². The number of fused-ring (bicyclic) bond motifs is 3. The molecule has 0 saturated heterocycles. The molecule has 0 aromatic rings. The normalized spacial score (nSPS) is 13.6. The summed E-state index contributed by atoms with van der Waals surface area (Å²) in [5.41, 5.74) is 4.21. The van der Waals surface area contributed by atoms with Crippen molar-refractivity contribution in [1.29, 1.82) is 0 Å². The minimum atomic E-state index is 0.110. The molecule has 0 aromatic heterocycles. The summed E-state index contributed by atoms with van der Waals surface area (Å²) in [7, 11) is 0. The maximum Gasteiger partial charge on any atom is 0.186 e. The predicted octanol–water partition coefficient (Wildman–Crippen LogP) is 3.00. The van der Waals surface area contributed by atoms with Crippen LogP contribution in [0.4, 0.5) is 0 Å². The molecule has 0 N–H and O–H groups in total. The second kappa shape index (κ2) is 2.55. The van der Waals surface area contributed by atoms with Crippen molar-refractivity contribution in [3.8, 4) is 11.1 Å². The van der Waals surface area contributed by atoms with Crippen molar-refractivity contribution < 1.29 is 4.79 Å². The molecular weight excluding hydrogens is 172 g/mol. The zero-order valence-corrected chi connectivity index (χ0v) is 7.53. The van der Waals surface area contributed by atoms with E-state index in [-0.39, 0.29) is 5.78 Å². The number of hydrogen-bond donors (Lipinski definition) is 0. The average molecular weight is 180 g/mol. The Morgan fingerprint density at radius 2 is 1.50 bits per heavy atom. The van der Waals surface area contributed by atoms with E-state index in [2.05, 4.69) is 12.1 Å². The number of ketones is 1. The fraction of sp³-hybridized carbons (Fsp3) is 0. The van der Waals surface area contributed by atoms with Crippen molar-refractivity contribution in [3.05, 3.63) is 53.6 Å². The average Bonchev–Trinajstić information content (AvgIpc) is 2.72. The molecule has 0 radical (unpaired) electrons. The van der Waals surface area contributed by atoms with E-state index in [1.807, 2.05) is 30.3 Å². The predicted molar refractivity (Wildman–Crippen MR) is 56.4 cm³/mol. The van der Waals surface area contributed by atoms with Gasteiger partial charge >= 0.3 is 0 Å². The molecule has 14 heavy (non-hydrogen) atoms. The van der Waals surface area contributed by atoms with Crippen molar-refractivity contribution >= 4 is 11.9 Å². The molecule has 0 fully saturated rings. The maximum absolute atomic E-state index is 11.5. The van der Waals surface area contributed by atoms with Crippen LogP contribution in [0.3, 0.4) is 0 Å². The Morgan fingerprint density at radius 3 is 2.29 bits per heavy atom. The Kier molecular flexibility index (Phi) is 1.37. The zero-order valence-electron chi connectivity index (χ0n) is 7.53. The molecule has 1 heteroatoms. The van der Waals surface area contributed by atoms with Crippen LogP contribution in [0.2, 0.25) is 0 Å². The Bertz CT molecular complexity index is 523.